The first-order valence-electron chi connectivity index (χ1n) is 12.4. The lowest BCUT2D eigenvalue weighted by molar-refractivity contribution is -0.116. The zero-order chi connectivity index (χ0) is 26.8. The summed E-state index contributed by atoms with van der Waals surface area (Å²) >= 11 is 1.15. The number of rotatable bonds is 9. The zero-order valence-corrected chi connectivity index (χ0v) is 22.3. The molecule has 0 bridgehead atoms. The van der Waals surface area contributed by atoms with Crippen LogP contribution in [0.2, 0.25) is 0 Å². The molecule has 0 unspecified atom stereocenters. The molecule has 0 radical (unpaired) electrons. The van der Waals surface area contributed by atoms with Gasteiger partial charge in [0.2, 0.25) is 5.91 Å². The van der Waals surface area contributed by atoms with Crippen molar-refractivity contribution in [2.75, 3.05) is 18.6 Å². The summed E-state index contributed by atoms with van der Waals surface area (Å²) in [7, 11) is 1.57. The van der Waals surface area contributed by atoms with Gasteiger partial charge in [0.05, 0.1) is 18.8 Å². The number of nitrogens with zero attached hydrogens (tertiary/aromatic N) is 4. The van der Waals surface area contributed by atoms with E-state index in [0.717, 1.165) is 57.8 Å². The first kappa shape index (κ1) is 25.4. The second-order valence-electron chi connectivity index (χ2n) is 9.13. The fraction of sp³-hybridized carbons (Fsp3) is 0.241. The zero-order valence-electron chi connectivity index (χ0n) is 21.5. The van der Waals surface area contributed by atoms with Crippen molar-refractivity contribution in [2.24, 2.45) is 0 Å². The molecule has 3 aromatic carbocycles. The van der Waals surface area contributed by atoms with E-state index >= 15 is 0 Å². The normalized spacial score (nSPS) is 11.2. The summed E-state index contributed by atoms with van der Waals surface area (Å²) in [6, 6.07) is 18.9. The number of carboxylic acids is 1. The number of para-hydroxylation sites is 1. The number of anilines is 1. The van der Waals surface area contributed by atoms with Crippen LogP contribution < -0.4 is 9.64 Å². The Hall–Kier alpha value is -4.24. The number of carbonyl (C=O) groups excluding carboxylic acids is 1. The predicted octanol–water partition coefficient (Wildman–Crippen LogP) is 6.22. The minimum atomic E-state index is -1.05. The highest BCUT2D eigenvalue weighted by molar-refractivity contribution is 7.00. The number of carbonyl (C=O) groups is 2. The van der Waals surface area contributed by atoms with E-state index in [4.69, 9.17) is 4.74 Å². The van der Waals surface area contributed by atoms with E-state index in [1.165, 1.54) is 0 Å². The summed E-state index contributed by atoms with van der Waals surface area (Å²) in [6.45, 7) is 4.56. The van der Waals surface area contributed by atoms with Crippen LogP contribution in [0.5, 0.6) is 5.75 Å². The second-order valence-corrected chi connectivity index (χ2v) is 9.66. The summed E-state index contributed by atoms with van der Waals surface area (Å²) in [5.41, 5.74) is 5.37. The number of hydrogen-bond donors (Lipinski definition) is 1. The lowest BCUT2D eigenvalue weighted by Gasteiger charge is -2.21. The summed E-state index contributed by atoms with van der Waals surface area (Å²) in [6.07, 6.45) is 1.82. The van der Waals surface area contributed by atoms with Crippen molar-refractivity contribution in [3.63, 3.8) is 0 Å². The third-order valence-electron chi connectivity index (χ3n) is 6.71. The van der Waals surface area contributed by atoms with Crippen molar-refractivity contribution in [1.82, 2.24) is 13.3 Å². The molecule has 38 heavy (non-hydrogen) atoms. The van der Waals surface area contributed by atoms with E-state index in [1.54, 1.807) is 18.9 Å². The second kappa shape index (κ2) is 10.6. The molecule has 0 aliphatic rings. The Morgan fingerprint density at radius 2 is 1.84 bits per heavy atom. The Morgan fingerprint density at radius 1 is 1.05 bits per heavy atom. The number of amides is 1. The number of hydrogen-bond acceptors (Lipinski definition) is 6. The molecule has 1 N–H and O–H groups in total. The van der Waals surface area contributed by atoms with Gasteiger partial charge >= 0.3 is 5.97 Å². The van der Waals surface area contributed by atoms with Crippen LogP contribution in [-0.4, -0.2) is 44.0 Å². The summed E-state index contributed by atoms with van der Waals surface area (Å²) in [4.78, 5) is 27.2. The largest absolute Gasteiger partial charge is 0.496 e. The van der Waals surface area contributed by atoms with E-state index in [9.17, 15) is 14.7 Å². The Morgan fingerprint density at radius 3 is 2.58 bits per heavy atom. The first-order chi connectivity index (χ1) is 18.4. The highest BCUT2D eigenvalue weighted by Gasteiger charge is 2.27. The fourth-order valence-electron chi connectivity index (χ4n) is 4.91. The van der Waals surface area contributed by atoms with E-state index in [0.29, 0.717) is 30.0 Å². The molecule has 0 spiro atoms. The number of unbranched alkanes of at least 4 members (excludes halogenated alkanes) is 1. The van der Waals surface area contributed by atoms with Crippen LogP contribution in [0.3, 0.4) is 0 Å². The standard InChI is InChI=1S/C29H28N4O4S/c1-4-5-14-32(18(2)34)20-11-13-25-22(16-20)27(21-8-6-7-9-26(21)37-3)28(29(35)36)33(25)17-19-10-12-23-24(15-19)31-38-30-23/h6-13,15-16H,4-5,14,17H2,1-3H3,(H,35,36). The van der Waals surface area contributed by atoms with Gasteiger partial charge in [0, 0.05) is 47.7 Å². The molecule has 194 valence electrons. The van der Waals surface area contributed by atoms with E-state index in [-0.39, 0.29) is 11.6 Å². The molecular formula is C29H28N4O4S. The maximum Gasteiger partial charge on any atom is 0.353 e. The molecule has 5 rings (SSSR count). The molecule has 9 heteroatoms. The molecule has 0 aliphatic heterocycles. The number of aromatic nitrogens is 3. The Kier molecular flexibility index (Phi) is 7.11. The maximum absolute atomic E-state index is 12.9. The molecule has 0 saturated carbocycles. The van der Waals surface area contributed by atoms with E-state index in [2.05, 4.69) is 15.7 Å². The topological polar surface area (TPSA) is 97.6 Å². The molecule has 1 amide bonds. The van der Waals surface area contributed by atoms with Gasteiger partial charge in [-0.15, -0.1) is 0 Å². The van der Waals surface area contributed by atoms with Gasteiger partial charge in [0.25, 0.3) is 0 Å². The lowest BCUT2D eigenvalue weighted by atomic mass is 10.00. The molecule has 2 heterocycles. The van der Waals surface area contributed by atoms with Gasteiger partial charge in [-0.25, -0.2) is 4.79 Å². The molecule has 0 aliphatic carbocycles. The Labute approximate surface area is 224 Å². The van der Waals surface area contributed by atoms with E-state index < -0.39 is 5.97 Å². The number of carboxylic acid groups (broad SMARTS) is 1. The summed E-state index contributed by atoms with van der Waals surface area (Å²) in [5, 5.41) is 11.3. The smallest absolute Gasteiger partial charge is 0.353 e. The van der Waals surface area contributed by atoms with Crippen LogP contribution in [0.15, 0.2) is 60.7 Å². The SMILES string of the molecule is CCCCN(C(C)=O)c1ccc2c(c1)c(-c1ccccc1OC)c(C(=O)O)n2Cc1ccc2nsnc2c1. The molecule has 0 atom stereocenters. The number of ether oxygens (including phenoxy) is 1. The predicted molar refractivity (Wildman–Crippen MR) is 150 cm³/mol. The maximum atomic E-state index is 12.9. The van der Waals surface area contributed by atoms with Gasteiger partial charge < -0.3 is 19.3 Å². The van der Waals surface area contributed by atoms with Crippen LogP contribution in [0.4, 0.5) is 5.69 Å². The van der Waals surface area contributed by atoms with Gasteiger partial charge in [-0.05, 0) is 48.4 Å². The van der Waals surface area contributed by atoms with Gasteiger partial charge in [-0.1, -0.05) is 37.6 Å². The average Bonchev–Trinajstić information content (AvgIpc) is 3.51. The van der Waals surface area contributed by atoms with Crippen molar-refractivity contribution in [3.8, 4) is 16.9 Å². The monoisotopic (exact) mass is 528 g/mol. The minimum Gasteiger partial charge on any atom is -0.496 e. The van der Waals surface area contributed by atoms with Crippen molar-refractivity contribution < 1.29 is 19.4 Å². The lowest BCUT2D eigenvalue weighted by Crippen LogP contribution is -2.29. The van der Waals surface area contributed by atoms with Crippen molar-refractivity contribution in [2.45, 2.75) is 33.2 Å². The van der Waals surface area contributed by atoms with Gasteiger partial charge in [0.1, 0.15) is 22.5 Å². The number of fused-ring (bicyclic) bond motifs is 2. The van der Waals surface area contributed by atoms with Gasteiger partial charge in [-0.2, -0.15) is 8.75 Å². The van der Waals surface area contributed by atoms with E-state index in [1.807, 2.05) is 65.2 Å². The average molecular weight is 529 g/mol. The molecule has 2 aromatic heterocycles. The summed E-state index contributed by atoms with van der Waals surface area (Å²) < 4.78 is 16.1. The third kappa shape index (κ3) is 4.61. The van der Waals surface area contributed by atoms with Crippen LogP contribution >= 0.6 is 11.7 Å². The van der Waals surface area contributed by atoms with Crippen LogP contribution in [0, 0.1) is 0 Å². The van der Waals surface area contributed by atoms with Crippen LogP contribution in [0.1, 0.15) is 42.7 Å². The number of methoxy groups -OCH3 is 1. The minimum absolute atomic E-state index is 0.0558. The van der Waals surface area contributed by atoms with Gasteiger partial charge in [-0.3, -0.25) is 4.79 Å². The van der Waals surface area contributed by atoms with Crippen LogP contribution in [-0.2, 0) is 11.3 Å². The van der Waals surface area contributed by atoms with Gasteiger partial charge in [0.15, 0.2) is 0 Å². The van der Waals surface area contributed by atoms with Crippen molar-refractivity contribution in [1.29, 1.82) is 0 Å². The molecule has 0 fully saturated rings. The summed E-state index contributed by atoms with van der Waals surface area (Å²) in [5.74, 6) is -0.530. The molecule has 0 saturated heterocycles. The quantitative estimate of drug-likeness (QED) is 0.244. The third-order valence-corrected chi connectivity index (χ3v) is 7.27. The van der Waals surface area contributed by atoms with Crippen LogP contribution in [0.25, 0.3) is 33.1 Å². The molecule has 8 nitrogen and oxygen atoms in total. The number of benzene rings is 3. The highest BCUT2D eigenvalue weighted by Crippen LogP contribution is 2.41. The number of aromatic carboxylic acids is 1. The Balaban J connectivity index is 1.78. The molecular weight excluding hydrogens is 500 g/mol. The van der Waals surface area contributed by atoms with Crippen molar-refractivity contribution >= 4 is 51.2 Å². The highest BCUT2D eigenvalue weighted by atomic mass is 32.1. The van der Waals surface area contributed by atoms with Crippen molar-refractivity contribution in [3.05, 3.63) is 71.9 Å². The Bertz CT molecular complexity index is 1660. The molecule has 5 aromatic rings. The first-order valence-corrected chi connectivity index (χ1v) is 13.2. The fourth-order valence-corrected chi connectivity index (χ4v) is 5.43.